The molecule has 0 unspecified atom stereocenters. The molecule has 1 N–H and O–H groups in total. The number of nitrogens with one attached hydrogen (secondary N) is 1. The van der Waals surface area contributed by atoms with Crippen LogP contribution in [0, 0.1) is 0 Å². The van der Waals surface area contributed by atoms with Crippen molar-refractivity contribution in [3.63, 3.8) is 0 Å². The SMILES string of the molecule is CCOc1ccc(NC(=O)CCN(C(C)=O)c2ccc3c(c2)OCCO3)cc1. The van der Waals surface area contributed by atoms with Crippen LogP contribution in [0.25, 0.3) is 0 Å². The zero-order chi connectivity index (χ0) is 19.9. The van der Waals surface area contributed by atoms with Crippen LogP contribution in [-0.2, 0) is 9.59 Å². The third kappa shape index (κ3) is 4.94. The van der Waals surface area contributed by atoms with Crippen LogP contribution in [0.2, 0.25) is 0 Å². The number of carbonyl (C=O) groups excluding carboxylic acids is 2. The van der Waals surface area contributed by atoms with E-state index in [2.05, 4.69) is 5.32 Å². The minimum Gasteiger partial charge on any atom is -0.494 e. The van der Waals surface area contributed by atoms with Crippen molar-refractivity contribution in [3.8, 4) is 17.2 Å². The summed E-state index contributed by atoms with van der Waals surface area (Å²) < 4.78 is 16.5. The molecule has 28 heavy (non-hydrogen) atoms. The molecule has 0 aliphatic carbocycles. The Morgan fingerprint density at radius 3 is 2.46 bits per heavy atom. The number of amides is 2. The fraction of sp³-hybridized carbons (Fsp3) is 0.333. The predicted octanol–water partition coefficient (Wildman–Crippen LogP) is 3.24. The zero-order valence-corrected chi connectivity index (χ0v) is 16.1. The van der Waals surface area contributed by atoms with Crippen LogP contribution >= 0.6 is 0 Å². The summed E-state index contributed by atoms with van der Waals surface area (Å²) in [6, 6.07) is 12.5. The first-order valence-electron chi connectivity index (χ1n) is 9.27. The molecule has 2 amide bonds. The largest absolute Gasteiger partial charge is 0.494 e. The summed E-state index contributed by atoms with van der Waals surface area (Å²) in [6.45, 7) is 5.22. The van der Waals surface area contributed by atoms with E-state index in [1.807, 2.05) is 6.92 Å². The lowest BCUT2D eigenvalue weighted by Crippen LogP contribution is -2.32. The quantitative estimate of drug-likeness (QED) is 0.793. The third-order valence-corrected chi connectivity index (χ3v) is 4.23. The van der Waals surface area contributed by atoms with Gasteiger partial charge < -0.3 is 24.4 Å². The van der Waals surface area contributed by atoms with Gasteiger partial charge in [0.25, 0.3) is 0 Å². The van der Waals surface area contributed by atoms with Gasteiger partial charge in [0.15, 0.2) is 11.5 Å². The summed E-state index contributed by atoms with van der Waals surface area (Å²) in [4.78, 5) is 25.9. The predicted molar refractivity (Wildman–Crippen MR) is 106 cm³/mol. The van der Waals surface area contributed by atoms with Crippen LogP contribution in [0.4, 0.5) is 11.4 Å². The second kappa shape index (κ2) is 9.12. The molecule has 0 fully saturated rings. The van der Waals surface area contributed by atoms with Gasteiger partial charge in [-0.2, -0.15) is 0 Å². The van der Waals surface area contributed by atoms with Crippen molar-refractivity contribution in [2.75, 3.05) is 36.6 Å². The Labute approximate surface area is 164 Å². The highest BCUT2D eigenvalue weighted by atomic mass is 16.6. The summed E-state index contributed by atoms with van der Waals surface area (Å²) in [5.74, 6) is 1.70. The molecule has 7 nitrogen and oxygen atoms in total. The van der Waals surface area contributed by atoms with Crippen molar-refractivity contribution >= 4 is 23.2 Å². The first-order chi connectivity index (χ1) is 13.6. The molecule has 0 bridgehead atoms. The molecule has 0 saturated carbocycles. The normalized spacial score (nSPS) is 12.2. The highest BCUT2D eigenvalue weighted by molar-refractivity contribution is 5.95. The fourth-order valence-electron chi connectivity index (χ4n) is 2.91. The maximum atomic E-state index is 12.3. The van der Waals surface area contributed by atoms with Crippen LogP contribution in [0.15, 0.2) is 42.5 Å². The molecule has 148 valence electrons. The highest BCUT2D eigenvalue weighted by Gasteiger charge is 2.18. The van der Waals surface area contributed by atoms with Crippen molar-refractivity contribution in [2.24, 2.45) is 0 Å². The lowest BCUT2D eigenvalue weighted by atomic mass is 10.2. The van der Waals surface area contributed by atoms with Crippen LogP contribution in [-0.4, -0.2) is 38.2 Å². The number of fused-ring (bicyclic) bond motifs is 1. The van der Waals surface area contributed by atoms with Gasteiger partial charge in [0.05, 0.1) is 6.61 Å². The second-order valence-corrected chi connectivity index (χ2v) is 6.25. The van der Waals surface area contributed by atoms with E-state index >= 15 is 0 Å². The van der Waals surface area contributed by atoms with Crippen LogP contribution < -0.4 is 24.4 Å². The van der Waals surface area contributed by atoms with E-state index in [-0.39, 0.29) is 24.8 Å². The van der Waals surface area contributed by atoms with Gasteiger partial charge >= 0.3 is 0 Å². The van der Waals surface area contributed by atoms with Gasteiger partial charge in [-0.25, -0.2) is 0 Å². The summed E-state index contributed by atoms with van der Waals surface area (Å²) in [5, 5.41) is 2.83. The average Bonchev–Trinajstić information content (AvgIpc) is 2.69. The minimum atomic E-state index is -0.173. The smallest absolute Gasteiger partial charge is 0.226 e. The molecule has 1 aliphatic rings. The first kappa shape index (κ1) is 19.5. The van der Waals surface area contributed by atoms with Crippen LogP contribution in [0.1, 0.15) is 20.3 Å². The third-order valence-electron chi connectivity index (χ3n) is 4.23. The molecule has 1 heterocycles. The van der Waals surface area contributed by atoms with Crippen molar-refractivity contribution in [1.82, 2.24) is 0 Å². The zero-order valence-electron chi connectivity index (χ0n) is 16.1. The highest BCUT2D eigenvalue weighted by Crippen LogP contribution is 2.34. The maximum absolute atomic E-state index is 12.3. The van der Waals surface area contributed by atoms with Gasteiger partial charge in [0, 0.05) is 37.3 Å². The Balaban J connectivity index is 1.60. The van der Waals surface area contributed by atoms with Gasteiger partial charge in [-0.1, -0.05) is 0 Å². The Morgan fingerprint density at radius 1 is 1.07 bits per heavy atom. The van der Waals surface area contributed by atoms with Crippen LogP contribution in [0.5, 0.6) is 17.2 Å². The van der Waals surface area contributed by atoms with Gasteiger partial charge in [-0.05, 0) is 43.3 Å². The maximum Gasteiger partial charge on any atom is 0.226 e. The molecule has 2 aromatic carbocycles. The second-order valence-electron chi connectivity index (χ2n) is 6.25. The van der Waals surface area contributed by atoms with E-state index in [1.54, 1.807) is 47.4 Å². The Bertz CT molecular complexity index is 835. The molecule has 2 aromatic rings. The average molecular weight is 384 g/mol. The number of ether oxygens (including phenoxy) is 3. The molecular formula is C21H24N2O5. The van der Waals surface area contributed by atoms with E-state index in [1.165, 1.54) is 6.92 Å². The molecule has 3 rings (SSSR count). The van der Waals surface area contributed by atoms with Crippen molar-refractivity contribution < 1.29 is 23.8 Å². The van der Waals surface area contributed by atoms with E-state index in [9.17, 15) is 9.59 Å². The topological polar surface area (TPSA) is 77.1 Å². The number of hydrogen-bond donors (Lipinski definition) is 1. The summed E-state index contributed by atoms with van der Waals surface area (Å²) in [5.41, 5.74) is 1.35. The Morgan fingerprint density at radius 2 is 1.79 bits per heavy atom. The number of rotatable bonds is 7. The number of anilines is 2. The minimum absolute atomic E-state index is 0.148. The van der Waals surface area contributed by atoms with Crippen molar-refractivity contribution in [1.29, 1.82) is 0 Å². The van der Waals surface area contributed by atoms with Gasteiger partial charge in [0.2, 0.25) is 11.8 Å². The van der Waals surface area contributed by atoms with Gasteiger partial charge in [-0.15, -0.1) is 0 Å². The van der Waals surface area contributed by atoms with E-state index < -0.39 is 0 Å². The summed E-state index contributed by atoms with van der Waals surface area (Å²) in [7, 11) is 0. The monoisotopic (exact) mass is 384 g/mol. The lowest BCUT2D eigenvalue weighted by molar-refractivity contribution is -0.117. The first-order valence-corrected chi connectivity index (χ1v) is 9.27. The lowest BCUT2D eigenvalue weighted by Gasteiger charge is -2.24. The van der Waals surface area contributed by atoms with Crippen LogP contribution in [0.3, 0.4) is 0 Å². The molecule has 0 radical (unpaired) electrons. The fourth-order valence-corrected chi connectivity index (χ4v) is 2.91. The van der Waals surface area contributed by atoms with E-state index in [0.29, 0.717) is 42.7 Å². The summed E-state index contributed by atoms with van der Waals surface area (Å²) in [6.07, 6.45) is 0.168. The number of benzene rings is 2. The Hall–Kier alpha value is -3.22. The summed E-state index contributed by atoms with van der Waals surface area (Å²) >= 11 is 0. The van der Waals surface area contributed by atoms with Gasteiger partial charge in [0.1, 0.15) is 19.0 Å². The molecule has 0 aromatic heterocycles. The molecular weight excluding hydrogens is 360 g/mol. The number of hydrogen-bond acceptors (Lipinski definition) is 5. The molecule has 0 spiro atoms. The molecule has 7 heteroatoms. The van der Waals surface area contributed by atoms with E-state index in [4.69, 9.17) is 14.2 Å². The van der Waals surface area contributed by atoms with Crippen molar-refractivity contribution in [3.05, 3.63) is 42.5 Å². The molecule has 1 aliphatic heterocycles. The Kier molecular flexibility index (Phi) is 6.37. The molecule has 0 atom stereocenters. The number of nitrogens with zero attached hydrogens (tertiary/aromatic N) is 1. The van der Waals surface area contributed by atoms with E-state index in [0.717, 1.165) is 5.75 Å². The van der Waals surface area contributed by atoms with Gasteiger partial charge in [-0.3, -0.25) is 9.59 Å². The molecule has 0 saturated heterocycles. The van der Waals surface area contributed by atoms with Crippen molar-refractivity contribution in [2.45, 2.75) is 20.3 Å². The number of carbonyl (C=O) groups is 2. The standard InChI is InChI=1S/C21H24N2O5/c1-3-26-18-7-4-16(5-8-18)22-21(25)10-11-23(15(2)24)17-6-9-19-20(14-17)28-13-12-27-19/h4-9,14H,3,10-13H2,1-2H3,(H,22,25).